The Morgan fingerprint density at radius 2 is 1.85 bits per heavy atom. The number of nitrogens with zero attached hydrogens (tertiary/aromatic N) is 3. The number of aryl methyl sites for hydroxylation is 1. The number of aromatic nitrogens is 3. The highest BCUT2D eigenvalue weighted by Crippen LogP contribution is 2.28. The molecule has 0 atom stereocenters. The Balaban J connectivity index is 1.63. The number of halogens is 1. The van der Waals surface area contributed by atoms with Crippen LogP contribution >= 0.6 is 15.9 Å². The molecule has 0 radical (unpaired) electrons. The number of rotatable bonds is 4. The lowest BCUT2D eigenvalue weighted by atomic mass is 10.1. The van der Waals surface area contributed by atoms with Crippen molar-refractivity contribution in [1.29, 1.82) is 0 Å². The van der Waals surface area contributed by atoms with Gasteiger partial charge in [-0.1, -0.05) is 22.0 Å². The van der Waals surface area contributed by atoms with Crippen LogP contribution in [0.25, 0.3) is 22.6 Å². The van der Waals surface area contributed by atoms with Crippen molar-refractivity contribution < 1.29 is 4.42 Å². The number of oxazole rings is 1. The van der Waals surface area contributed by atoms with E-state index in [1.807, 2.05) is 55.5 Å². The molecule has 2 aromatic heterocycles. The first-order chi connectivity index (χ1) is 13.1. The lowest BCUT2D eigenvalue weighted by Gasteiger charge is -2.11. The third-order valence-corrected chi connectivity index (χ3v) is 4.59. The quantitative estimate of drug-likeness (QED) is 0.470. The minimum absolute atomic E-state index is 0.215. The van der Waals surface area contributed by atoms with E-state index in [1.54, 1.807) is 6.20 Å². The summed E-state index contributed by atoms with van der Waals surface area (Å²) in [7, 11) is 0. The molecule has 27 heavy (non-hydrogen) atoms. The fourth-order valence-electron chi connectivity index (χ4n) is 2.76. The van der Waals surface area contributed by atoms with Crippen LogP contribution in [0.15, 0.2) is 70.0 Å². The maximum atomic E-state index is 5.93. The Bertz CT molecular complexity index is 1080. The van der Waals surface area contributed by atoms with E-state index in [0.29, 0.717) is 5.82 Å². The van der Waals surface area contributed by atoms with E-state index < -0.39 is 0 Å². The summed E-state index contributed by atoms with van der Waals surface area (Å²) in [6, 6.07) is 15.7. The molecular formula is C20H16BrN5O. The Labute approximate surface area is 164 Å². The summed E-state index contributed by atoms with van der Waals surface area (Å²) in [5.74, 6) is 1.57. The first kappa shape index (κ1) is 17.2. The number of nitrogen functional groups attached to an aromatic ring is 1. The van der Waals surface area contributed by atoms with E-state index in [2.05, 4.69) is 36.2 Å². The molecule has 4 aromatic rings. The van der Waals surface area contributed by atoms with E-state index >= 15 is 0 Å². The average Bonchev–Trinajstić information content (AvgIpc) is 3.18. The Morgan fingerprint density at radius 3 is 2.59 bits per heavy atom. The van der Waals surface area contributed by atoms with Crippen LogP contribution in [0.4, 0.5) is 17.5 Å². The zero-order valence-electron chi connectivity index (χ0n) is 14.5. The SMILES string of the molecule is Cc1ccc(Br)cc1-c1cc(Nc2ccc(-c3cnco3)cc2)nc(N)n1. The maximum absolute atomic E-state index is 5.93. The molecule has 2 heterocycles. The van der Waals surface area contributed by atoms with Crippen molar-refractivity contribution in [2.24, 2.45) is 0 Å². The van der Waals surface area contributed by atoms with Crippen molar-refractivity contribution >= 4 is 33.4 Å². The van der Waals surface area contributed by atoms with Crippen molar-refractivity contribution in [2.75, 3.05) is 11.1 Å². The molecule has 0 aliphatic rings. The average molecular weight is 422 g/mol. The van der Waals surface area contributed by atoms with Crippen molar-refractivity contribution in [2.45, 2.75) is 6.92 Å². The molecule has 0 saturated carbocycles. The zero-order chi connectivity index (χ0) is 18.8. The summed E-state index contributed by atoms with van der Waals surface area (Å²) >= 11 is 3.51. The van der Waals surface area contributed by atoms with Crippen molar-refractivity contribution in [1.82, 2.24) is 15.0 Å². The van der Waals surface area contributed by atoms with Crippen LogP contribution in [-0.2, 0) is 0 Å². The highest BCUT2D eigenvalue weighted by molar-refractivity contribution is 9.10. The van der Waals surface area contributed by atoms with Crippen LogP contribution < -0.4 is 11.1 Å². The van der Waals surface area contributed by atoms with Gasteiger partial charge < -0.3 is 15.5 Å². The standard InChI is InChI=1S/C20H16BrN5O/c1-12-2-5-14(21)8-16(12)17-9-19(26-20(22)25-17)24-15-6-3-13(4-7-15)18-10-23-11-27-18/h2-11H,1H3,(H3,22,24,25,26). The van der Waals surface area contributed by atoms with Gasteiger partial charge in [-0.25, -0.2) is 9.97 Å². The van der Waals surface area contributed by atoms with Gasteiger partial charge in [-0.3, -0.25) is 0 Å². The summed E-state index contributed by atoms with van der Waals surface area (Å²) in [5.41, 5.74) is 10.6. The molecule has 2 aromatic carbocycles. The molecule has 3 N–H and O–H groups in total. The third kappa shape index (κ3) is 3.83. The second-order valence-corrected chi connectivity index (χ2v) is 6.94. The van der Waals surface area contributed by atoms with Gasteiger partial charge in [0, 0.05) is 27.4 Å². The van der Waals surface area contributed by atoms with Crippen LogP contribution in [0.3, 0.4) is 0 Å². The molecule has 0 aliphatic heterocycles. The molecule has 7 heteroatoms. The molecule has 0 unspecified atom stereocenters. The number of anilines is 3. The monoisotopic (exact) mass is 421 g/mol. The topological polar surface area (TPSA) is 89.9 Å². The minimum Gasteiger partial charge on any atom is -0.444 e. The fourth-order valence-corrected chi connectivity index (χ4v) is 3.12. The van der Waals surface area contributed by atoms with Gasteiger partial charge >= 0.3 is 0 Å². The van der Waals surface area contributed by atoms with E-state index in [4.69, 9.17) is 10.2 Å². The predicted octanol–water partition coefficient (Wildman–Crippen LogP) is 5.20. The molecular weight excluding hydrogens is 406 g/mol. The summed E-state index contributed by atoms with van der Waals surface area (Å²) in [4.78, 5) is 12.6. The van der Waals surface area contributed by atoms with Crippen LogP contribution in [0.1, 0.15) is 5.56 Å². The van der Waals surface area contributed by atoms with Gasteiger partial charge in [0.1, 0.15) is 5.82 Å². The minimum atomic E-state index is 0.215. The number of nitrogens with two attached hydrogens (primary N) is 1. The molecule has 0 amide bonds. The Hall–Kier alpha value is -3.19. The maximum Gasteiger partial charge on any atom is 0.222 e. The van der Waals surface area contributed by atoms with Gasteiger partial charge in [0.15, 0.2) is 12.2 Å². The van der Waals surface area contributed by atoms with Gasteiger partial charge in [-0.2, -0.15) is 4.98 Å². The van der Waals surface area contributed by atoms with Crippen LogP contribution in [0.5, 0.6) is 0 Å². The van der Waals surface area contributed by atoms with Crippen LogP contribution in [0.2, 0.25) is 0 Å². The van der Waals surface area contributed by atoms with Gasteiger partial charge in [-0.05, 0) is 48.9 Å². The predicted molar refractivity (Wildman–Crippen MR) is 110 cm³/mol. The first-order valence-electron chi connectivity index (χ1n) is 8.25. The Morgan fingerprint density at radius 1 is 1.04 bits per heavy atom. The number of benzene rings is 2. The molecule has 6 nitrogen and oxygen atoms in total. The summed E-state index contributed by atoms with van der Waals surface area (Å²) in [6.07, 6.45) is 3.09. The van der Waals surface area contributed by atoms with Crippen LogP contribution in [-0.4, -0.2) is 15.0 Å². The summed E-state index contributed by atoms with van der Waals surface area (Å²) < 4.78 is 6.29. The summed E-state index contributed by atoms with van der Waals surface area (Å²) in [6.45, 7) is 2.04. The molecule has 0 fully saturated rings. The second-order valence-electron chi connectivity index (χ2n) is 6.02. The largest absolute Gasteiger partial charge is 0.444 e. The highest BCUT2D eigenvalue weighted by atomic mass is 79.9. The lowest BCUT2D eigenvalue weighted by molar-refractivity contribution is 0.572. The second kappa shape index (κ2) is 7.20. The number of nitrogens with one attached hydrogen (secondary N) is 1. The normalized spacial score (nSPS) is 10.7. The van der Waals surface area contributed by atoms with Crippen molar-refractivity contribution in [3.05, 3.63) is 71.2 Å². The molecule has 0 saturated heterocycles. The van der Waals surface area contributed by atoms with Gasteiger partial charge in [0.05, 0.1) is 11.9 Å². The first-order valence-corrected chi connectivity index (χ1v) is 9.05. The van der Waals surface area contributed by atoms with Gasteiger partial charge in [-0.15, -0.1) is 0 Å². The number of hydrogen-bond acceptors (Lipinski definition) is 6. The highest BCUT2D eigenvalue weighted by Gasteiger charge is 2.09. The molecule has 4 rings (SSSR count). The van der Waals surface area contributed by atoms with E-state index in [-0.39, 0.29) is 5.95 Å². The Kier molecular flexibility index (Phi) is 4.60. The zero-order valence-corrected chi connectivity index (χ0v) is 16.1. The van der Waals surface area contributed by atoms with E-state index in [0.717, 1.165) is 38.3 Å². The third-order valence-electron chi connectivity index (χ3n) is 4.09. The molecule has 0 aliphatic carbocycles. The van der Waals surface area contributed by atoms with Gasteiger partial charge in [0.25, 0.3) is 0 Å². The molecule has 134 valence electrons. The van der Waals surface area contributed by atoms with Crippen LogP contribution in [0, 0.1) is 6.92 Å². The molecule has 0 bridgehead atoms. The van der Waals surface area contributed by atoms with E-state index in [9.17, 15) is 0 Å². The van der Waals surface area contributed by atoms with Gasteiger partial charge in [0.2, 0.25) is 5.95 Å². The van der Waals surface area contributed by atoms with Crippen molar-refractivity contribution in [3.63, 3.8) is 0 Å². The molecule has 0 spiro atoms. The number of hydrogen-bond donors (Lipinski definition) is 2. The fraction of sp³-hybridized carbons (Fsp3) is 0.0500. The van der Waals surface area contributed by atoms with Crippen molar-refractivity contribution in [3.8, 4) is 22.6 Å². The smallest absolute Gasteiger partial charge is 0.222 e. The summed E-state index contributed by atoms with van der Waals surface area (Å²) in [5, 5.41) is 3.27. The lowest BCUT2D eigenvalue weighted by Crippen LogP contribution is -2.02. The van der Waals surface area contributed by atoms with E-state index in [1.165, 1.54) is 6.39 Å².